The van der Waals surface area contributed by atoms with Crippen molar-refractivity contribution >= 4 is 11.3 Å². The van der Waals surface area contributed by atoms with Crippen LogP contribution in [0.1, 0.15) is 48.8 Å². The zero-order chi connectivity index (χ0) is 13.1. The molecule has 0 spiro atoms. The van der Waals surface area contributed by atoms with Gasteiger partial charge in [0, 0.05) is 16.7 Å². The number of nitrogens with one attached hydrogen (secondary N) is 1. The topological polar surface area (TPSA) is 24.9 Å². The van der Waals surface area contributed by atoms with Crippen LogP contribution in [0.15, 0.2) is 0 Å². The molecule has 3 heteroatoms. The molecule has 0 radical (unpaired) electrons. The second kappa shape index (κ2) is 5.66. The molecule has 1 rings (SSSR count). The van der Waals surface area contributed by atoms with E-state index in [0.717, 1.165) is 17.1 Å². The fraction of sp³-hybridized carbons (Fsp3) is 0.643. The number of rotatable bonds is 3. The van der Waals surface area contributed by atoms with Crippen LogP contribution in [0, 0.1) is 31.1 Å². The van der Waals surface area contributed by atoms with E-state index in [1.54, 1.807) is 11.3 Å². The molecule has 0 aliphatic heterocycles. The second-order valence-electron chi connectivity index (χ2n) is 5.28. The van der Waals surface area contributed by atoms with Crippen molar-refractivity contribution in [2.75, 3.05) is 7.05 Å². The molecule has 1 aromatic heterocycles. The van der Waals surface area contributed by atoms with Crippen LogP contribution in [0.25, 0.3) is 0 Å². The lowest BCUT2D eigenvalue weighted by Gasteiger charge is -2.12. The first kappa shape index (κ1) is 14.2. The molecule has 0 bridgehead atoms. The maximum atomic E-state index is 4.47. The van der Waals surface area contributed by atoms with Gasteiger partial charge in [-0.05, 0) is 41.7 Å². The van der Waals surface area contributed by atoms with Gasteiger partial charge >= 0.3 is 0 Å². The van der Waals surface area contributed by atoms with Crippen LogP contribution < -0.4 is 5.32 Å². The van der Waals surface area contributed by atoms with Gasteiger partial charge in [-0.3, -0.25) is 0 Å². The van der Waals surface area contributed by atoms with Gasteiger partial charge in [0.25, 0.3) is 0 Å². The average molecular weight is 250 g/mol. The van der Waals surface area contributed by atoms with Gasteiger partial charge < -0.3 is 5.32 Å². The lowest BCUT2D eigenvalue weighted by Crippen LogP contribution is -2.15. The lowest BCUT2D eigenvalue weighted by molar-refractivity contribution is 0.566. The normalized spacial score (nSPS) is 13.1. The Balaban J connectivity index is 2.79. The van der Waals surface area contributed by atoms with E-state index in [1.807, 2.05) is 7.05 Å². The van der Waals surface area contributed by atoms with Crippen molar-refractivity contribution in [2.24, 2.45) is 5.41 Å². The van der Waals surface area contributed by atoms with Crippen LogP contribution in [-0.4, -0.2) is 12.0 Å². The highest BCUT2D eigenvalue weighted by Crippen LogP contribution is 2.26. The highest BCUT2D eigenvalue weighted by atomic mass is 32.1. The van der Waals surface area contributed by atoms with E-state index in [0.29, 0.717) is 6.04 Å². The van der Waals surface area contributed by atoms with E-state index in [2.05, 4.69) is 56.8 Å². The first-order chi connectivity index (χ1) is 7.83. The zero-order valence-electron chi connectivity index (χ0n) is 11.6. The standard InChI is InChI=1S/C14H22N2S/c1-10-13(17-11(2)16-10)12(15-6)8-7-9-14(3,4)5/h12,15H,8H2,1-6H3. The van der Waals surface area contributed by atoms with Crippen molar-refractivity contribution in [3.8, 4) is 11.8 Å². The number of aromatic nitrogens is 1. The Labute approximate surface area is 109 Å². The molecule has 0 saturated carbocycles. The van der Waals surface area contributed by atoms with E-state index in [4.69, 9.17) is 0 Å². The van der Waals surface area contributed by atoms with Gasteiger partial charge in [-0.1, -0.05) is 5.92 Å². The van der Waals surface area contributed by atoms with Crippen molar-refractivity contribution in [2.45, 2.75) is 47.1 Å². The van der Waals surface area contributed by atoms with E-state index >= 15 is 0 Å². The van der Waals surface area contributed by atoms with Crippen molar-refractivity contribution < 1.29 is 0 Å². The molecule has 94 valence electrons. The van der Waals surface area contributed by atoms with Crippen molar-refractivity contribution in [3.63, 3.8) is 0 Å². The largest absolute Gasteiger partial charge is 0.311 e. The molecule has 17 heavy (non-hydrogen) atoms. The average Bonchev–Trinajstić information content (AvgIpc) is 2.51. The molecule has 0 aromatic carbocycles. The fourth-order valence-corrected chi connectivity index (χ4v) is 2.65. The van der Waals surface area contributed by atoms with Crippen LogP contribution in [0.2, 0.25) is 0 Å². The van der Waals surface area contributed by atoms with E-state index in [-0.39, 0.29) is 5.41 Å². The fourth-order valence-electron chi connectivity index (χ4n) is 1.61. The molecule has 1 aromatic rings. The van der Waals surface area contributed by atoms with Gasteiger partial charge in [0.05, 0.1) is 16.7 Å². The predicted octanol–water partition coefficient (Wildman–Crippen LogP) is 3.46. The first-order valence-electron chi connectivity index (χ1n) is 5.94. The Kier molecular flexibility index (Phi) is 4.73. The molecule has 0 amide bonds. The third-order valence-corrected chi connectivity index (χ3v) is 3.56. The van der Waals surface area contributed by atoms with Gasteiger partial charge in [0.15, 0.2) is 0 Å². The number of thiazole rings is 1. The number of hydrogen-bond donors (Lipinski definition) is 1. The predicted molar refractivity (Wildman–Crippen MR) is 75.2 cm³/mol. The zero-order valence-corrected chi connectivity index (χ0v) is 12.5. The van der Waals surface area contributed by atoms with Crippen LogP contribution >= 0.6 is 11.3 Å². The van der Waals surface area contributed by atoms with Crippen LogP contribution in [-0.2, 0) is 0 Å². The third-order valence-electron chi connectivity index (χ3n) is 2.37. The van der Waals surface area contributed by atoms with E-state index in [9.17, 15) is 0 Å². The summed E-state index contributed by atoms with van der Waals surface area (Å²) in [6.07, 6.45) is 0.843. The molecular formula is C14H22N2S. The maximum Gasteiger partial charge on any atom is 0.0900 e. The summed E-state index contributed by atoms with van der Waals surface area (Å²) < 4.78 is 0. The Morgan fingerprint density at radius 3 is 2.41 bits per heavy atom. The van der Waals surface area contributed by atoms with Gasteiger partial charge in [-0.2, -0.15) is 0 Å². The summed E-state index contributed by atoms with van der Waals surface area (Å²) in [7, 11) is 1.98. The molecule has 0 aliphatic carbocycles. The summed E-state index contributed by atoms with van der Waals surface area (Å²) in [4.78, 5) is 5.78. The monoisotopic (exact) mass is 250 g/mol. The van der Waals surface area contributed by atoms with Crippen LogP contribution in [0.5, 0.6) is 0 Å². The molecule has 1 heterocycles. The quantitative estimate of drug-likeness (QED) is 0.831. The lowest BCUT2D eigenvalue weighted by atomic mass is 9.97. The van der Waals surface area contributed by atoms with Gasteiger partial charge in [0.1, 0.15) is 0 Å². The van der Waals surface area contributed by atoms with Gasteiger partial charge in [-0.15, -0.1) is 17.3 Å². The molecule has 1 atom stereocenters. The summed E-state index contributed by atoms with van der Waals surface area (Å²) in [5.41, 5.74) is 1.21. The minimum atomic E-state index is 0.0803. The van der Waals surface area contributed by atoms with Gasteiger partial charge in [0.2, 0.25) is 0 Å². The Bertz CT molecular complexity index is 429. The van der Waals surface area contributed by atoms with E-state index < -0.39 is 0 Å². The Morgan fingerprint density at radius 2 is 2.00 bits per heavy atom. The van der Waals surface area contributed by atoms with Gasteiger partial charge in [-0.25, -0.2) is 4.98 Å². The summed E-state index contributed by atoms with van der Waals surface area (Å²) in [6.45, 7) is 10.5. The summed E-state index contributed by atoms with van der Waals surface area (Å²) in [6, 6.07) is 0.302. The molecular weight excluding hydrogens is 228 g/mol. The highest BCUT2D eigenvalue weighted by Gasteiger charge is 2.14. The molecule has 0 saturated heterocycles. The van der Waals surface area contributed by atoms with Crippen molar-refractivity contribution in [3.05, 3.63) is 15.6 Å². The Hall–Kier alpha value is -0.850. The smallest absolute Gasteiger partial charge is 0.0900 e. The molecule has 1 unspecified atom stereocenters. The summed E-state index contributed by atoms with van der Waals surface area (Å²) >= 11 is 1.76. The van der Waals surface area contributed by atoms with Crippen molar-refractivity contribution in [1.29, 1.82) is 0 Å². The molecule has 1 N–H and O–H groups in total. The van der Waals surface area contributed by atoms with E-state index in [1.165, 1.54) is 4.88 Å². The number of nitrogens with zero attached hydrogens (tertiary/aromatic N) is 1. The van der Waals surface area contributed by atoms with Crippen LogP contribution in [0.3, 0.4) is 0 Å². The minimum absolute atomic E-state index is 0.0803. The summed E-state index contributed by atoms with van der Waals surface area (Å²) in [5.74, 6) is 6.55. The minimum Gasteiger partial charge on any atom is -0.311 e. The molecule has 0 aliphatic rings. The summed E-state index contributed by atoms with van der Waals surface area (Å²) in [5, 5.41) is 4.45. The first-order valence-corrected chi connectivity index (χ1v) is 6.76. The van der Waals surface area contributed by atoms with Crippen LogP contribution in [0.4, 0.5) is 0 Å². The third kappa shape index (κ3) is 4.49. The SMILES string of the molecule is CNC(CC#CC(C)(C)C)c1sc(C)nc1C. The second-order valence-corrected chi connectivity index (χ2v) is 6.51. The number of hydrogen-bond acceptors (Lipinski definition) is 3. The molecule has 0 fully saturated rings. The maximum absolute atomic E-state index is 4.47. The number of aryl methyl sites for hydroxylation is 2. The highest BCUT2D eigenvalue weighted by molar-refractivity contribution is 7.11. The molecule has 2 nitrogen and oxygen atoms in total. The van der Waals surface area contributed by atoms with Crippen molar-refractivity contribution in [1.82, 2.24) is 10.3 Å². The Morgan fingerprint density at radius 1 is 1.35 bits per heavy atom.